The minimum atomic E-state index is -0.163. The number of anilines is 1. The number of rotatable bonds is 3. The van der Waals surface area contributed by atoms with Gasteiger partial charge in [0.05, 0.1) is 12.0 Å². The molecule has 0 aromatic heterocycles. The topological polar surface area (TPSA) is 55.1 Å². The fourth-order valence-electron chi connectivity index (χ4n) is 2.91. The number of fused-ring (bicyclic) bond motifs is 1. The highest BCUT2D eigenvalue weighted by atomic mass is 16.2. The minimum absolute atomic E-state index is 0.0508. The number of aryl methyl sites for hydroxylation is 1. The van der Waals surface area contributed by atoms with Gasteiger partial charge < -0.3 is 11.1 Å². The molecule has 3 rings (SSSR count). The van der Waals surface area contributed by atoms with E-state index in [0.717, 1.165) is 28.8 Å². The van der Waals surface area contributed by atoms with Gasteiger partial charge in [0.2, 0.25) is 5.91 Å². The van der Waals surface area contributed by atoms with E-state index < -0.39 is 0 Å². The van der Waals surface area contributed by atoms with Crippen LogP contribution in [0.2, 0.25) is 0 Å². The van der Waals surface area contributed by atoms with Gasteiger partial charge in [-0.25, -0.2) is 0 Å². The molecule has 2 aromatic carbocycles. The number of carbonyl (C=O) groups excluding carboxylic acids is 1. The third kappa shape index (κ3) is 2.45. The zero-order valence-electron chi connectivity index (χ0n) is 12.4. The average molecular weight is 280 g/mol. The Bertz CT molecular complexity index is 676. The summed E-state index contributed by atoms with van der Waals surface area (Å²) in [5, 5.41) is 2.93. The van der Waals surface area contributed by atoms with E-state index in [2.05, 4.69) is 42.6 Å². The van der Waals surface area contributed by atoms with Gasteiger partial charge in [0.25, 0.3) is 0 Å². The van der Waals surface area contributed by atoms with Gasteiger partial charge in [-0.15, -0.1) is 0 Å². The predicted octanol–water partition coefficient (Wildman–Crippen LogP) is 3.49. The molecule has 0 spiro atoms. The van der Waals surface area contributed by atoms with Crippen molar-refractivity contribution in [3.05, 3.63) is 64.7 Å². The van der Waals surface area contributed by atoms with Gasteiger partial charge >= 0.3 is 0 Å². The lowest BCUT2D eigenvalue weighted by atomic mass is 9.92. The average Bonchev–Trinajstić information content (AvgIpc) is 2.81. The van der Waals surface area contributed by atoms with Crippen molar-refractivity contribution < 1.29 is 4.79 Å². The van der Waals surface area contributed by atoms with Crippen molar-refractivity contribution in [3.63, 3.8) is 0 Å². The van der Waals surface area contributed by atoms with Crippen molar-refractivity contribution in [1.82, 2.24) is 0 Å². The maximum atomic E-state index is 11.9. The summed E-state index contributed by atoms with van der Waals surface area (Å²) >= 11 is 0. The Balaban J connectivity index is 1.95. The van der Waals surface area contributed by atoms with Crippen LogP contribution in [-0.2, 0) is 4.79 Å². The third-order valence-electron chi connectivity index (χ3n) is 4.23. The number of amides is 1. The molecule has 0 bridgehead atoms. The first kappa shape index (κ1) is 13.8. The van der Waals surface area contributed by atoms with Crippen LogP contribution in [0.3, 0.4) is 0 Å². The standard InChI is InChI=1S/C18H20N2O/c1-3-14-15-10-13(8-9-16(15)20-18(14)21)17(19)12-6-4-11(2)5-7-12/h4-10,14,17H,3,19H2,1-2H3,(H,20,21). The number of carbonyl (C=O) groups is 1. The molecule has 0 radical (unpaired) electrons. The Morgan fingerprint density at radius 1 is 1.14 bits per heavy atom. The van der Waals surface area contributed by atoms with E-state index in [4.69, 9.17) is 5.73 Å². The van der Waals surface area contributed by atoms with Crippen LogP contribution in [0.5, 0.6) is 0 Å². The van der Waals surface area contributed by atoms with Gasteiger partial charge in [-0.05, 0) is 36.1 Å². The number of benzene rings is 2. The summed E-state index contributed by atoms with van der Waals surface area (Å²) in [6.07, 6.45) is 0.808. The lowest BCUT2D eigenvalue weighted by molar-refractivity contribution is -0.117. The molecule has 2 aromatic rings. The number of nitrogens with one attached hydrogen (secondary N) is 1. The summed E-state index contributed by atoms with van der Waals surface area (Å²) in [4.78, 5) is 11.9. The highest BCUT2D eigenvalue weighted by molar-refractivity contribution is 6.02. The third-order valence-corrected chi connectivity index (χ3v) is 4.23. The van der Waals surface area contributed by atoms with Crippen LogP contribution in [0.15, 0.2) is 42.5 Å². The normalized spacial score (nSPS) is 18.2. The van der Waals surface area contributed by atoms with Crippen molar-refractivity contribution in [3.8, 4) is 0 Å². The van der Waals surface area contributed by atoms with Gasteiger partial charge in [-0.1, -0.05) is 48.9 Å². The Labute approximate surface area is 125 Å². The molecule has 1 aliphatic rings. The van der Waals surface area contributed by atoms with Gasteiger partial charge in [0.15, 0.2) is 0 Å². The fraction of sp³-hybridized carbons (Fsp3) is 0.278. The van der Waals surface area contributed by atoms with Crippen LogP contribution in [0, 0.1) is 6.92 Å². The maximum absolute atomic E-state index is 11.9. The second-order valence-corrected chi connectivity index (χ2v) is 5.69. The first-order chi connectivity index (χ1) is 10.1. The van der Waals surface area contributed by atoms with Crippen LogP contribution >= 0.6 is 0 Å². The van der Waals surface area contributed by atoms with Gasteiger partial charge in [0, 0.05) is 5.69 Å². The molecule has 2 unspecified atom stereocenters. The van der Waals surface area contributed by atoms with Gasteiger partial charge in [0.1, 0.15) is 0 Å². The fourth-order valence-corrected chi connectivity index (χ4v) is 2.91. The second-order valence-electron chi connectivity index (χ2n) is 5.69. The van der Waals surface area contributed by atoms with Crippen LogP contribution in [0.1, 0.15) is 47.6 Å². The molecule has 0 fully saturated rings. The van der Waals surface area contributed by atoms with Crippen molar-refractivity contribution in [2.45, 2.75) is 32.2 Å². The first-order valence-corrected chi connectivity index (χ1v) is 7.37. The predicted molar refractivity (Wildman–Crippen MR) is 85.3 cm³/mol. The van der Waals surface area contributed by atoms with E-state index in [1.807, 2.05) is 19.1 Å². The zero-order chi connectivity index (χ0) is 15.0. The van der Waals surface area contributed by atoms with Crippen molar-refractivity contribution in [2.24, 2.45) is 5.73 Å². The maximum Gasteiger partial charge on any atom is 0.231 e. The van der Waals surface area contributed by atoms with Crippen molar-refractivity contribution in [1.29, 1.82) is 0 Å². The van der Waals surface area contributed by atoms with E-state index in [0.29, 0.717) is 0 Å². The molecule has 3 nitrogen and oxygen atoms in total. The molecular formula is C18H20N2O. The SMILES string of the molecule is CCC1C(=O)Nc2ccc(C(N)c3ccc(C)cc3)cc21. The van der Waals surface area contributed by atoms with Gasteiger partial charge in [-0.2, -0.15) is 0 Å². The lowest BCUT2D eigenvalue weighted by Gasteiger charge is -2.15. The van der Waals surface area contributed by atoms with E-state index >= 15 is 0 Å². The first-order valence-electron chi connectivity index (χ1n) is 7.37. The summed E-state index contributed by atoms with van der Waals surface area (Å²) in [7, 11) is 0. The van der Waals surface area contributed by atoms with E-state index in [1.165, 1.54) is 5.56 Å². The molecule has 1 aliphatic heterocycles. The molecular weight excluding hydrogens is 260 g/mol. The highest BCUT2D eigenvalue weighted by Crippen LogP contribution is 2.36. The molecule has 1 heterocycles. The van der Waals surface area contributed by atoms with Crippen LogP contribution < -0.4 is 11.1 Å². The molecule has 1 amide bonds. The summed E-state index contributed by atoms with van der Waals surface area (Å²) in [6, 6.07) is 14.1. The number of hydrogen-bond donors (Lipinski definition) is 2. The van der Waals surface area contributed by atoms with Crippen molar-refractivity contribution in [2.75, 3.05) is 5.32 Å². The molecule has 21 heavy (non-hydrogen) atoms. The van der Waals surface area contributed by atoms with Crippen LogP contribution in [-0.4, -0.2) is 5.91 Å². The number of hydrogen-bond acceptors (Lipinski definition) is 2. The number of nitrogens with two attached hydrogens (primary N) is 1. The lowest BCUT2D eigenvalue weighted by Crippen LogP contribution is -2.12. The van der Waals surface area contributed by atoms with E-state index in [-0.39, 0.29) is 17.9 Å². The summed E-state index contributed by atoms with van der Waals surface area (Å²) < 4.78 is 0. The summed E-state index contributed by atoms with van der Waals surface area (Å²) in [5.74, 6) is 0.0405. The van der Waals surface area contributed by atoms with Gasteiger partial charge in [-0.3, -0.25) is 4.79 Å². The molecule has 108 valence electrons. The Kier molecular flexibility index (Phi) is 3.52. The van der Waals surface area contributed by atoms with Crippen LogP contribution in [0.4, 0.5) is 5.69 Å². The molecule has 2 atom stereocenters. The van der Waals surface area contributed by atoms with Crippen molar-refractivity contribution >= 4 is 11.6 Å². The Hall–Kier alpha value is -2.13. The Morgan fingerprint density at radius 3 is 2.48 bits per heavy atom. The summed E-state index contributed by atoms with van der Waals surface area (Å²) in [5.41, 5.74) is 11.7. The largest absolute Gasteiger partial charge is 0.325 e. The van der Waals surface area contributed by atoms with E-state index in [1.54, 1.807) is 0 Å². The Morgan fingerprint density at radius 2 is 1.81 bits per heavy atom. The zero-order valence-corrected chi connectivity index (χ0v) is 12.4. The quantitative estimate of drug-likeness (QED) is 0.904. The highest BCUT2D eigenvalue weighted by Gasteiger charge is 2.29. The van der Waals surface area contributed by atoms with E-state index in [9.17, 15) is 4.79 Å². The molecule has 0 aliphatic carbocycles. The molecule has 0 saturated heterocycles. The smallest absolute Gasteiger partial charge is 0.231 e. The second kappa shape index (κ2) is 5.34. The minimum Gasteiger partial charge on any atom is -0.325 e. The molecule has 3 heteroatoms. The van der Waals surface area contributed by atoms with Crippen LogP contribution in [0.25, 0.3) is 0 Å². The summed E-state index contributed by atoms with van der Waals surface area (Å²) in [6.45, 7) is 4.10. The monoisotopic (exact) mass is 280 g/mol. The molecule has 3 N–H and O–H groups in total. The molecule has 0 saturated carbocycles.